The van der Waals surface area contributed by atoms with Gasteiger partial charge in [-0.2, -0.15) is 16.8 Å². The van der Waals surface area contributed by atoms with Crippen LogP contribution in [-0.4, -0.2) is 63.9 Å². The fourth-order valence-electron chi connectivity index (χ4n) is 1.83. The molecule has 0 aliphatic rings. The summed E-state index contributed by atoms with van der Waals surface area (Å²) in [6.45, 7) is 0. The van der Waals surface area contributed by atoms with Gasteiger partial charge < -0.3 is 0 Å². The van der Waals surface area contributed by atoms with Crippen LogP contribution < -0.4 is 0 Å². The van der Waals surface area contributed by atoms with Crippen molar-refractivity contribution in [2.45, 2.75) is 19.6 Å². The fraction of sp³-hybridized carbons (Fsp3) is 0. The van der Waals surface area contributed by atoms with E-state index < -0.39 is 59.7 Å². The Morgan fingerprint density at radius 3 is 1.23 bits per heavy atom. The molecule has 0 fully saturated rings. The molecule has 2 aromatic carbocycles. The number of benzene rings is 2. The van der Waals surface area contributed by atoms with E-state index in [1.165, 1.54) is 0 Å². The first-order valence-corrected chi connectivity index (χ1v) is 11.2. The minimum absolute atomic E-state index is 0. The standard InChI is InChI=1S/C12H8Cl2O8S3.Na.H/c13-9-3-1-7(5-11(9)24(17,18)19)23(15,16)8-2-4-10(14)12(6-8)25(20,21)22;;/h1-6H,(H,17,18,19)(H,20,21,22);;. The molecule has 0 saturated heterocycles. The van der Waals surface area contributed by atoms with Gasteiger partial charge in [0.2, 0.25) is 9.84 Å². The Hall–Kier alpha value is -0.210. The predicted octanol–water partition coefficient (Wildman–Crippen LogP) is 1.67. The molecule has 2 aromatic rings. The summed E-state index contributed by atoms with van der Waals surface area (Å²) in [6.07, 6.45) is 0. The Morgan fingerprint density at radius 1 is 0.654 bits per heavy atom. The van der Waals surface area contributed by atoms with Crippen molar-refractivity contribution in [3.8, 4) is 0 Å². The van der Waals surface area contributed by atoms with Gasteiger partial charge in [-0.05, 0) is 36.4 Å². The van der Waals surface area contributed by atoms with Crippen LogP contribution in [0.25, 0.3) is 0 Å². The van der Waals surface area contributed by atoms with Gasteiger partial charge in [0.1, 0.15) is 9.79 Å². The molecule has 2 rings (SSSR count). The molecule has 0 atom stereocenters. The summed E-state index contributed by atoms with van der Waals surface area (Å²) in [5, 5.41) is -0.813. The van der Waals surface area contributed by atoms with E-state index >= 15 is 0 Å². The van der Waals surface area contributed by atoms with E-state index in [-0.39, 0.29) is 29.6 Å². The second-order valence-corrected chi connectivity index (χ2v) is 10.2. The fourth-order valence-corrected chi connectivity index (χ4v) is 5.30. The molecular formula is C12H9Cl2NaO8S3. The first-order chi connectivity index (χ1) is 11.2. The summed E-state index contributed by atoms with van der Waals surface area (Å²) >= 11 is 11.2. The molecule has 0 bridgehead atoms. The number of sulfone groups is 1. The molecule has 138 valence electrons. The normalized spacial score (nSPS) is 12.5. The van der Waals surface area contributed by atoms with Crippen LogP contribution >= 0.6 is 23.2 Å². The van der Waals surface area contributed by atoms with Crippen LogP contribution in [0.5, 0.6) is 0 Å². The van der Waals surface area contributed by atoms with Crippen LogP contribution in [0.1, 0.15) is 0 Å². The topological polar surface area (TPSA) is 143 Å². The van der Waals surface area contributed by atoms with E-state index in [2.05, 4.69) is 0 Å². The van der Waals surface area contributed by atoms with E-state index in [1.54, 1.807) is 0 Å². The molecule has 2 N–H and O–H groups in total. The first-order valence-electron chi connectivity index (χ1n) is 6.04. The van der Waals surface area contributed by atoms with Gasteiger partial charge >= 0.3 is 29.6 Å². The third kappa shape index (κ3) is 4.98. The molecule has 26 heavy (non-hydrogen) atoms. The SMILES string of the molecule is O=S(=O)(O)c1cc(S(=O)(=O)c2ccc(Cl)c(S(=O)(=O)O)c2)ccc1Cl.[NaH]. The van der Waals surface area contributed by atoms with Crippen LogP contribution in [-0.2, 0) is 30.1 Å². The Balaban J connectivity index is 0.00000338. The summed E-state index contributed by atoms with van der Waals surface area (Å²) in [5.74, 6) is 0. The molecule has 0 saturated carbocycles. The Morgan fingerprint density at radius 2 is 0.962 bits per heavy atom. The van der Waals surface area contributed by atoms with Crippen molar-refractivity contribution in [3.63, 3.8) is 0 Å². The zero-order chi connectivity index (χ0) is 19.2. The van der Waals surface area contributed by atoms with Crippen molar-refractivity contribution in [1.29, 1.82) is 0 Å². The molecule has 0 radical (unpaired) electrons. The van der Waals surface area contributed by atoms with Crippen molar-refractivity contribution in [3.05, 3.63) is 46.4 Å². The number of hydrogen-bond acceptors (Lipinski definition) is 6. The van der Waals surface area contributed by atoms with Crippen molar-refractivity contribution in [2.75, 3.05) is 0 Å². The minimum atomic E-state index is -4.79. The van der Waals surface area contributed by atoms with Crippen molar-refractivity contribution in [2.24, 2.45) is 0 Å². The third-order valence-electron chi connectivity index (χ3n) is 2.98. The van der Waals surface area contributed by atoms with E-state index in [0.29, 0.717) is 12.1 Å². The van der Waals surface area contributed by atoms with Crippen molar-refractivity contribution < 1.29 is 34.4 Å². The molecule has 0 amide bonds. The van der Waals surface area contributed by atoms with Gasteiger partial charge in [0.15, 0.2) is 0 Å². The van der Waals surface area contributed by atoms with Gasteiger partial charge in [0.25, 0.3) is 20.2 Å². The summed E-state index contributed by atoms with van der Waals surface area (Å²) in [6, 6.07) is 5.06. The van der Waals surface area contributed by atoms with Gasteiger partial charge in [-0.15, -0.1) is 0 Å². The molecular weight excluding hydrogens is 462 g/mol. The number of halogens is 2. The number of rotatable bonds is 4. The van der Waals surface area contributed by atoms with Crippen molar-refractivity contribution in [1.82, 2.24) is 0 Å². The summed E-state index contributed by atoms with van der Waals surface area (Å²) in [7, 11) is -14.0. The predicted molar refractivity (Wildman–Crippen MR) is 95.1 cm³/mol. The zero-order valence-corrected chi connectivity index (χ0v) is 15.8. The zero-order valence-electron chi connectivity index (χ0n) is 11.8. The molecule has 0 aliphatic carbocycles. The third-order valence-corrected chi connectivity index (χ3v) is 7.40. The maximum atomic E-state index is 12.6. The second-order valence-electron chi connectivity index (χ2n) is 4.64. The van der Waals surface area contributed by atoms with E-state index in [1.807, 2.05) is 0 Å². The summed E-state index contributed by atoms with van der Waals surface area (Å²) in [4.78, 5) is -2.82. The van der Waals surface area contributed by atoms with E-state index in [4.69, 9.17) is 32.3 Å². The van der Waals surface area contributed by atoms with Crippen molar-refractivity contribution >= 4 is 82.8 Å². The van der Waals surface area contributed by atoms with Crippen LogP contribution in [0.2, 0.25) is 10.0 Å². The summed E-state index contributed by atoms with van der Waals surface area (Å²) < 4.78 is 88.3. The monoisotopic (exact) mass is 470 g/mol. The molecule has 0 aliphatic heterocycles. The van der Waals surface area contributed by atoms with E-state index in [9.17, 15) is 25.3 Å². The van der Waals surface area contributed by atoms with E-state index in [0.717, 1.165) is 24.3 Å². The molecule has 0 heterocycles. The van der Waals surface area contributed by atoms with Gasteiger partial charge in [0.05, 0.1) is 19.8 Å². The van der Waals surface area contributed by atoms with Gasteiger partial charge in [-0.1, -0.05) is 23.2 Å². The van der Waals surface area contributed by atoms with Crippen LogP contribution in [0, 0.1) is 0 Å². The van der Waals surface area contributed by atoms with Gasteiger partial charge in [-0.25, -0.2) is 8.42 Å². The quantitative estimate of drug-likeness (QED) is 0.507. The molecule has 14 heteroatoms. The van der Waals surface area contributed by atoms with Gasteiger partial charge in [0, 0.05) is 0 Å². The van der Waals surface area contributed by atoms with Crippen LogP contribution in [0.4, 0.5) is 0 Å². The first kappa shape index (κ1) is 23.8. The average Bonchev–Trinajstić information content (AvgIpc) is 2.45. The molecule has 8 nitrogen and oxygen atoms in total. The maximum absolute atomic E-state index is 12.6. The molecule has 0 aromatic heterocycles. The second kappa shape index (κ2) is 8.03. The Labute approximate surface area is 181 Å². The molecule has 0 spiro atoms. The Kier molecular flexibility index (Phi) is 7.36. The molecule has 0 unspecified atom stereocenters. The van der Waals surface area contributed by atoms with Crippen LogP contribution in [0.15, 0.2) is 56.0 Å². The van der Waals surface area contributed by atoms with Gasteiger partial charge in [-0.3, -0.25) is 9.11 Å². The van der Waals surface area contributed by atoms with Crippen LogP contribution in [0.3, 0.4) is 0 Å². The average molecular weight is 471 g/mol. The Bertz CT molecular complexity index is 1090. The number of hydrogen-bond donors (Lipinski definition) is 2. The summed E-state index contributed by atoms with van der Waals surface area (Å²) in [5.41, 5.74) is 0.